The van der Waals surface area contributed by atoms with Crippen LogP contribution in [0.4, 0.5) is 15.8 Å². The molecule has 1 atom stereocenters. The number of nitrogens with two attached hydrogens (primary N) is 3. The quantitative estimate of drug-likeness (QED) is 0.367. The molecule has 0 saturated heterocycles. The molecule has 2 rings (SSSR count). The first-order valence-electron chi connectivity index (χ1n) is 5.34. The Morgan fingerprint density at radius 3 is 2.50 bits per heavy atom. The summed E-state index contributed by atoms with van der Waals surface area (Å²) < 4.78 is 13.3. The van der Waals surface area contributed by atoms with Crippen LogP contribution in [0.5, 0.6) is 0 Å². The van der Waals surface area contributed by atoms with Gasteiger partial charge in [0.15, 0.2) is 0 Å². The fourth-order valence-corrected chi connectivity index (χ4v) is 1.80. The molecule has 0 bridgehead atoms. The highest BCUT2D eigenvalue weighted by Crippen LogP contribution is 2.29. The van der Waals surface area contributed by atoms with Gasteiger partial charge in [0.05, 0.1) is 6.04 Å². The number of nitrogen functional groups attached to an aromatic ring is 2. The highest BCUT2D eigenvalue weighted by molar-refractivity contribution is 5.56. The molecule has 0 aliphatic carbocycles. The number of rotatable bonds is 3. The van der Waals surface area contributed by atoms with E-state index in [4.69, 9.17) is 17.3 Å². The number of anilines is 2. The van der Waals surface area contributed by atoms with Crippen molar-refractivity contribution in [3.05, 3.63) is 53.6 Å². The van der Waals surface area contributed by atoms with E-state index < -0.39 is 6.04 Å². The maximum absolute atomic E-state index is 13.3. The van der Waals surface area contributed by atoms with E-state index >= 15 is 0 Å². The third kappa shape index (κ3) is 2.24. The Bertz CT molecular complexity index is 558. The zero-order chi connectivity index (χ0) is 13.1. The van der Waals surface area contributed by atoms with Gasteiger partial charge in [0.1, 0.15) is 5.82 Å². The van der Waals surface area contributed by atoms with Crippen LogP contribution in [0.15, 0.2) is 36.7 Å². The summed E-state index contributed by atoms with van der Waals surface area (Å²) in [6.45, 7) is 0. The molecule has 0 amide bonds. The van der Waals surface area contributed by atoms with Gasteiger partial charge in [0.2, 0.25) is 0 Å². The number of halogens is 1. The highest BCUT2D eigenvalue weighted by Gasteiger charge is 2.18. The van der Waals surface area contributed by atoms with E-state index in [9.17, 15) is 4.39 Å². The van der Waals surface area contributed by atoms with Gasteiger partial charge in [-0.3, -0.25) is 10.8 Å². The van der Waals surface area contributed by atoms with Crippen molar-refractivity contribution in [1.29, 1.82) is 0 Å². The van der Waals surface area contributed by atoms with E-state index in [0.717, 1.165) is 0 Å². The lowest BCUT2D eigenvalue weighted by Crippen LogP contribution is -2.30. The van der Waals surface area contributed by atoms with Crippen molar-refractivity contribution in [2.45, 2.75) is 6.04 Å². The molecule has 18 heavy (non-hydrogen) atoms. The second kappa shape index (κ2) is 4.99. The van der Waals surface area contributed by atoms with Crippen LogP contribution in [-0.4, -0.2) is 4.98 Å². The lowest BCUT2D eigenvalue weighted by Gasteiger charge is -2.19. The summed E-state index contributed by atoms with van der Waals surface area (Å²) in [5.41, 5.74) is 16.4. The third-order valence-electron chi connectivity index (χ3n) is 2.72. The Labute approximate surface area is 104 Å². The molecule has 1 unspecified atom stereocenters. The highest BCUT2D eigenvalue weighted by atomic mass is 19.1. The van der Waals surface area contributed by atoms with Crippen LogP contribution in [0.3, 0.4) is 0 Å². The monoisotopic (exact) mass is 247 g/mol. The second-order valence-corrected chi connectivity index (χ2v) is 3.88. The Hall–Kier alpha value is -2.18. The van der Waals surface area contributed by atoms with Crippen molar-refractivity contribution < 1.29 is 4.39 Å². The molecule has 7 N–H and O–H groups in total. The average molecular weight is 247 g/mol. The normalized spacial score (nSPS) is 12.3. The van der Waals surface area contributed by atoms with Gasteiger partial charge in [-0.1, -0.05) is 0 Å². The average Bonchev–Trinajstić information content (AvgIpc) is 2.36. The van der Waals surface area contributed by atoms with E-state index in [1.54, 1.807) is 18.5 Å². The van der Waals surface area contributed by atoms with Gasteiger partial charge in [0.25, 0.3) is 0 Å². The van der Waals surface area contributed by atoms with Gasteiger partial charge in [0, 0.05) is 34.9 Å². The summed E-state index contributed by atoms with van der Waals surface area (Å²) in [5, 5.41) is 0. The number of hydrogen-bond acceptors (Lipinski definition) is 5. The predicted octanol–water partition coefficient (Wildman–Crippen LogP) is 0.938. The summed E-state index contributed by atoms with van der Waals surface area (Å²) in [6, 6.07) is 5.25. The number of benzene rings is 1. The maximum atomic E-state index is 13.3. The molecule has 1 aromatic carbocycles. The van der Waals surface area contributed by atoms with E-state index in [-0.39, 0.29) is 5.82 Å². The van der Waals surface area contributed by atoms with Crippen molar-refractivity contribution >= 4 is 11.4 Å². The summed E-state index contributed by atoms with van der Waals surface area (Å²) in [7, 11) is 0. The minimum Gasteiger partial charge on any atom is -0.398 e. The zero-order valence-corrected chi connectivity index (χ0v) is 9.60. The van der Waals surface area contributed by atoms with Gasteiger partial charge in [-0.25, -0.2) is 9.82 Å². The Morgan fingerprint density at radius 1 is 1.11 bits per heavy atom. The fraction of sp³-hybridized carbons (Fsp3) is 0.0833. The molecule has 0 aliphatic rings. The first-order chi connectivity index (χ1) is 8.63. The first kappa shape index (κ1) is 12.3. The van der Waals surface area contributed by atoms with Crippen LogP contribution < -0.4 is 22.7 Å². The van der Waals surface area contributed by atoms with Crippen LogP contribution in [0.25, 0.3) is 0 Å². The van der Waals surface area contributed by atoms with Crippen LogP contribution in [-0.2, 0) is 0 Å². The maximum Gasteiger partial charge on any atom is 0.123 e. The van der Waals surface area contributed by atoms with E-state index in [2.05, 4.69) is 10.4 Å². The van der Waals surface area contributed by atoms with Gasteiger partial charge >= 0.3 is 0 Å². The van der Waals surface area contributed by atoms with Crippen molar-refractivity contribution in [2.75, 3.05) is 11.5 Å². The largest absolute Gasteiger partial charge is 0.398 e. The summed E-state index contributed by atoms with van der Waals surface area (Å²) in [4.78, 5) is 3.98. The number of hydrazine groups is 1. The number of nitrogens with one attached hydrogen (secondary N) is 1. The van der Waals surface area contributed by atoms with Gasteiger partial charge in [-0.15, -0.1) is 0 Å². The van der Waals surface area contributed by atoms with Gasteiger partial charge in [-0.05, 0) is 24.3 Å². The molecule has 0 aliphatic heterocycles. The Kier molecular flexibility index (Phi) is 3.40. The molecule has 1 heterocycles. The van der Waals surface area contributed by atoms with Gasteiger partial charge < -0.3 is 11.5 Å². The Balaban J connectivity index is 2.52. The van der Waals surface area contributed by atoms with Crippen molar-refractivity contribution in [2.24, 2.45) is 5.84 Å². The number of hydrogen-bond donors (Lipinski definition) is 4. The second-order valence-electron chi connectivity index (χ2n) is 3.88. The van der Waals surface area contributed by atoms with E-state index in [0.29, 0.717) is 22.5 Å². The molecule has 0 saturated carbocycles. The van der Waals surface area contributed by atoms with Crippen LogP contribution in [0.2, 0.25) is 0 Å². The first-order valence-corrected chi connectivity index (χ1v) is 5.34. The molecule has 6 heteroatoms. The smallest absolute Gasteiger partial charge is 0.123 e. The summed E-state index contributed by atoms with van der Waals surface area (Å²) in [6.07, 6.45) is 3.14. The molecule has 94 valence electrons. The molecular weight excluding hydrogens is 233 g/mol. The van der Waals surface area contributed by atoms with E-state index in [1.165, 1.54) is 18.2 Å². The van der Waals surface area contributed by atoms with Crippen LogP contribution in [0.1, 0.15) is 17.2 Å². The molecule has 0 fully saturated rings. The molecular formula is C12H14FN5. The topological polar surface area (TPSA) is 103 Å². The number of aromatic nitrogens is 1. The van der Waals surface area contributed by atoms with Crippen LogP contribution >= 0.6 is 0 Å². The van der Waals surface area contributed by atoms with E-state index in [1.807, 2.05) is 0 Å². The lowest BCUT2D eigenvalue weighted by atomic mass is 9.98. The fourth-order valence-electron chi connectivity index (χ4n) is 1.80. The SMILES string of the molecule is NNC(c1cnccc1N)c1cc(F)ccc1N. The van der Waals surface area contributed by atoms with Crippen molar-refractivity contribution in [1.82, 2.24) is 10.4 Å². The minimum atomic E-state index is -0.505. The predicted molar refractivity (Wildman–Crippen MR) is 68.6 cm³/mol. The molecule has 1 aromatic heterocycles. The minimum absolute atomic E-state index is 0.387. The van der Waals surface area contributed by atoms with Gasteiger partial charge in [-0.2, -0.15) is 0 Å². The molecule has 2 aromatic rings. The summed E-state index contributed by atoms with van der Waals surface area (Å²) in [5.74, 6) is 5.13. The van der Waals surface area contributed by atoms with Crippen molar-refractivity contribution in [3.8, 4) is 0 Å². The zero-order valence-electron chi connectivity index (χ0n) is 9.60. The molecule has 0 spiro atoms. The van der Waals surface area contributed by atoms with Crippen LogP contribution in [0, 0.1) is 5.82 Å². The van der Waals surface area contributed by atoms with Crippen molar-refractivity contribution in [3.63, 3.8) is 0 Å². The molecule has 5 nitrogen and oxygen atoms in total. The Morgan fingerprint density at radius 2 is 1.83 bits per heavy atom. The third-order valence-corrected chi connectivity index (χ3v) is 2.72. The standard InChI is InChI=1S/C12H14FN5/c13-7-1-2-10(14)8(5-7)12(18-16)9-6-17-4-3-11(9)15/h1-6,12,18H,14,16H2,(H2,15,17). The lowest BCUT2D eigenvalue weighted by molar-refractivity contribution is 0.606. The summed E-state index contributed by atoms with van der Waals surface area (Å²) >= 11 is 0. The number of nitrogens with zero attached hydrogens (tertiary/aromatic N) is 1. The number of pyridine rings is 1. The molecule has 0 radical (unpaired) electrons.